The van der Waals surface area contributed by atoms with Crippen molar-refractivity contribution in [2.24, 2.45) is 5.73 Å². The quantitative estimate of drug-likeness (QED) is 0.777. The molecule has 3 N–H and O–H groups in total. The molecule has 2 rings (SSSR count). The zero-order valence-corrected chi connectivity index (χ0v) is 9.96. The Morgan fingerprint density at radius 2 is 2.00 bits per heavy atom. The van der Waals surface area contributed by atoms with Gasteiger partial charge in [-0.15, -0.1) is 11.3 Å². The molecule has 0 saturated carbocycles. The average Bonchev–Trinajstić information content (AvgIpc) is 2.83. The van der Waals surface area contributed by atoms with Crippen molar-refractivity contribution in [2.45, 2.75) is 6.42 Å². The SMILES string of the molecule is NCCCNc1ccccc1-c1cccs1. The van der Waals surface area contributed by atoms with E-state index in [0.717, 1.165) is 19.5 Å². The van der Waals surface area contributed by atoms with Crippen molar-refractivity contribution in [3.05, 3.63) is 41.8 Å². The Labute approximate surface area is 100 Å². The molecule has 0 atom stereocenters. The predicted octanol–water partition coefficient (Wildman–Crippen LogP) is 3.18. The van der Waals surface area contributed by atoms with Crippen LogP contribution in [0, 0.1) is 0 Å². The summed E-state index contributed by atoms with van der Waals surface area (Å²) in [6, 6.07) is 12.6. The standard InChI is InChI=1S/C13H16N2S/c14-8-4-9-15-12-6-2-1-5-11(12)13-7-3-10-16-13/h1-3,5-7,10,15H,4,8-9,14H2. The maximum atomic E-state index is 5.49. The second-order valence-corrected chi connectivity index (χ2v) is 4.54. The lowest BCUT2D eigenvalue weighted by atomic mass is 10.1. The summed E-state index contributed by atoms with van der Waals surface area (Å²) in [7, 11) is 0. The van der Waals surface area contributed by atoms with Crippen molar-refractivity contribution < 1.29 is 0 Å². The smallest absolute Gasteiger partial charge is 0.0428 e. The van der Waals surface area contributed by atoms with Gasteiger partial charge in [-0.25, -0.2) is 0 Å². The Hall–Kier alpha value is -1.32. The van der Waals surface area contributed by atoms with Crippen LogP contribution < -0.4 is 11.1 Å². The number of hydrogen-bond donors (Lipinski definition) is 2. The maximum Gasteiger partial charge on any atom is 0.0428 e. The molecule has 0 amide bonds. The number of nitrogens with two attached hydrogens (primary N) is 1. The second-order valence-electron chi connectivity index (χ2n) is 3.59. The molecule has 0 radical (unpaired) electrons. The molecule has 1 aromatic carbocycles. The van der Waals surface area contributed by atoms with Crippen LogP contribution in [-0.2, 0) is 0 Å². The van der Waals surface area contributed by atoms with Crippen LogP contribution in [0.4, 0.5) is 5.69 Å². The molecule has 0 aliphatic heterocycles. The van der Waals surface area contributed by atoms with Crippen molar-refractivity contribution >= 4 is 17.0 Å². The van der Waals surface area contributed by atoms with Gasteiger partial charge in [0, 0.05) is 22.7 Å². The van der Waals surface area contributed by atoms with Crippen molar-refractivity contribution in [3.63, 3.8) is 0 Å². The van der Waals surface area contributed by atoms with Gasteiger partial charge in [0.25, 0.3) is 0 Å². The Morgan fingerprint density at radius 3 is 2.75 bits per heavy atom. The molecular weight excluding hydrogens is 216 g/mol. The highest BCUT2D eigenvalue weighted by Crippen LogP contribution is 2.31. The number of nitrogens with one attached hydrogen (secondary N) is 1. The van der Waals surface area contributed by atoms with E-state index in [2.05, 4.69) is 47.1 Å². The van der Waals surface area contributed by atoms with Crippen LogP contribution in [0.3, 0.4) is 0 Å². The first-order valence-electron chi connectivity index (χ1n) is 5.48. The van der Waals surface area contributed by atoms with Crippen LogP contribution in [0.1, 0.15) is 6.42 Å². The fourth-order valence-corrected chi connectivity index (χ4v) is 2.37. The van der Waals surface area contributed by atoms with Gasteiger partial charge in [-0.2, -0.15) is 0 Å². The van der Waals surface area contributed by atoms with Gasteiger partial charge in [0.05, 0.1) is 0 Å². The Balaban J connectivity index is 2.18. The summed E-state index contributed by atoms with van der Waals surface area (Å²) in [6.45, 7) is 1.66. The number of benzene rings is 1. The van der Waals surface area contributed by atoms with Crippen molar-refractivity contribution in [2.75, 3.05) is 18.4 Å². The summed E-state index contributed by atoms with van der Waals surface area (Å²) in [6.07, 6.45) is 0.999. The molecule has 0 aliphatic carbocycles. The van der Waals surface area contributed by atoms with Gasteiger partial charge >= 0.3 is 0 Å². The zero-order valence-electron chi connectivity index (χ0n) is 9.15. The highest BCUT2D eigenvalue weighted by molar-refractivity contribution is 7.13. The first kappa shape index (κ1) is 11.2. The highest BCUT2D eigenvalue weighted by Gasteiger charge is 2.03. The maximum absolute atomic E-state index is 5.49. The fourth-order valence-electron chi connectivity index (χ4n) is 1.61. The molecule has 84 valence electrons. The van der Waals surface area contributed by atoms with E-state index in [4.69, 9.17) is 5.73 Å². The van der Waals surface area contributed by atoms with E-state index in [9.17, 15) is 0 Å². The normalized spacial score (nSPS) is 10.3. The molecule has 0 spiro atoms. The van der Waals surface area contributed by atoms with E-state index in [1.807, 2.05) is 0 Å². The summed E-state index contributed by atoms with van der Waals surface area (Å²) < 4.78 is 0. The molecule has 0 unspecified atom stereocenters. The Kier molecular flexibility index (Phi) is 3.97. The van der Waals surface area contributed by atoms with Crippen LogP contribution in [-0.4, -0.2) is 13.1 Å². The summed E-state index contributed by atoms with van der Waals surface area (Å²) in [5, 5.41) is 5.53. The third kappa shape index (κ3) is 2.62. The van der Waals surface area contributed by atoms with Gasteiger partial charge < -0.3 is 11.1 Å². The largest absolute Gasteiger partial charge is 0.384 e. The van der Waals surface area contributed by atoms with Crippen LogP contribution in [0.25, 0.3) is 10.4 Å². The van der Waals surface area contributed by atoms with Gasteiger partial charge in [-0.3, -0.25) is 0 Å². The molecule has 0 fully saturated rings. The topological polar surface area (TPSA) is 38.0 Å². The number of anilines is 1. The number of hydrogen-bond acceptors (Lipinski definition) is 3. The van der Waals surface area contributed by atoms with Crippen LogP contribution in [0.15, 0.2) is 41.8 Å². The van der Waals surface area contributed by atoms with Gasteiger partial charge in [-0.05, 0) is 30.5 Å². The minimum Gasteiger partial charge on any atom is -0.384 e. The first-order chi connectivity index (χ1) is 7.92. The summed E-state index contributed by atoms with van der Waals surface area (Å²) >= 11 is 1.76. The van der Waals surface area contributed by atoms with E-state index in [1.165, 1.54) is 16.1 Å². The van der Waals surface area contributed by atoms with Gasteiger partial charge in [0.2, 0.25) is 0 Å². The predicted molar refractivity (Wildman–Crippen MR) is 71.9 cm³/mol. The van der Waals surface area contributed by atoms with E-state index >= 15 is 0 Å². The highest BCUT2D eigenvalue weighted by atomic mass is 32.1. The molecular formula is C13H16N2S. The number of para-hydroxylation sites is 1. The van der Waals surface area contributed by atoms with Crippen LogP contribution in [0.5, 0.6) is 0 Å². The first-order valence-corrected chi connectivity index (χ1v) is 6.36. The lowest BCUT2D eigenvalue weighted by molar-refractivity contribution is 0.875. The molecule has 1 heterocycles. The molecule has 3 heteroatoms. The zero-order chi connectivity index (χ0) is 11.2. The number of rotatable bonds is 5. The molecule has 2 aromatic rings. The summed E-state index contributed by atoms with van der Waals surface area (Å²) in [5.74, 6) is 0. The van der Waals surface area contributed by atoms with Gasteiger partial charge in [0.1, 0.15) is 0 Å². The summed E-state index contributed by atoms with van der Waals surface area (Å²) in [4.78, 5) is 1.30. The average molecular weight is 232 g/mol. The number of thiophene rings is 1. The monoisotopic (exact) mass is 232 g/mol. The minimum absolute atomic E-state index is 0.730. The van der Waals surface area contributed by atoms with Crippen molar-refractivity contribution in [1.29, 1.82) is 0 Å². The van der Waals surface area contributed by atoms with Gasteiger partial charge in [0.15, 0.2) is 0 Å². The van der Waals surface area contributed by atoms with E-state index < -0.39 is 0 Å². The molecule has 0 bridgehead atoms. The van der Waals surface area contributed by atoms with Crippen molar-refractivity contribution in [1.82, 2.24) is 0 Å². The molecule has 0 saturated heterocycles. The lowest BCUT2D eigenvalue weighted by Gasteiger charge is -2.10. The Bertz CT molecular complexity index is 423. The molecule has 16 heavy (non-hydrogen) atoms. The minimum atomic E-state index is 0.730. The van der Waals surface area contributed by atoms with Gasteiger partial charge in [-0.1, -0.05) is 24.3 Å². The van der Waals surface area contributed by atoms with E-state index in [0.29, 0.717) is 0 Å². The molecule has 0 aliphatic rings. The summed E-state index contributed by atoms with van der Waals surface area (Å²) in [5.41, 5.74) is 7.95. The van der Waals surface area contributed by atoms with Crippen LogP contribution >= 0.6 is 11.3 Å². The van der Waals surface area contributed by atoms with E-state index in [-0.39, 0.29) is 0 Å². The second kappa shape index (κ2) is 5.68. The molecule has 2 nitrogen and oxygen atoms in total. The van der Waals surface area contributed by atoms with Crippen LogP contribution in [0.2, 0.25) is 0 Å². The lowest BCUT2D eigenvalue weighted by Crippen LogP contribution is -2.08. The third-order valence-corrected chi connectivity index (χ3v) is 3.31. The van der Waals surface area contributed by atoms with E-state index in [1.54, 1.807) is 11.3 Å². The molecule has 1 aromatic heterocycles. The third-order valence-electron chi connectivity index (χ3n) is 2.41. The van der Waals surface area contributed by atoms with Crippen molar-refractivity contribution in [3.8, 4) is 10.4 Å². The Morgan fingerprint density at radius 1 is 1.12 bits per heavy atom. The fraction of sp³-hybridized carbons (Fsp3) is 0.231.